The SMILES string of the molecule is CNC(=O)C(NC(=O)OC)c1cccc(C(F)(F)F)c1. The summed E-state index contributed by atoms with van der Waals surface area (Å²) >= 11 is 0. The van der Waals surface area contributed by atoms with Crippen LogP contribution < -0.4 is 10.6 Å². The van der Waals surface area contributed by atoms with Crippen molar-refractivity contribution in [2.24, 2.45) is 0 Å². The maximum atomic E-state index is 12.6. The summed E-state index contributed by atoms with van der Waals surface area (Å²) in [7, 11) is 2.39. The van der Waals surface area contributed by atoms with Crippen molar-refractivity contribution in [2.75, 3.05) is 14.2 Å². The molecule has 2 N–H and O–H groups in total. The number of methoxy groups -OCH3 is 1. The normalized spacial score (nSPS) is 12.4. The van der Waals surface area contributed by atoms with E-state index in [9.17, 15) is 22.8 Å². The van der Waals surface area contributed by atoms with Gasteiger partial charge in [0.25, 0.3) is 0 Å². The van der Waals surface area contributed by atoms with E-state index in [0.717, 1.165) is 25.3 Å². The van der Waals surface area contributed by atoms with Gasteiger partial charge in [-0.3, -0.25) is 4.79 Å². The van der Waals surface area contributed by atoms with Gasteiger partial charge in [0.15, 0.2) is 0 Å². The molecule has 0 aromatic heterocycles. The molecule has 1 unspecified atom stereocenters. The molecule has 0 aliphatic rings. The second kappa shape index (κ2) is 6.27. The molecule has 0 aliphatic heterocycles. The van der Waals surface area contributed by atoms with Gasteiger partial charge in [-0.15, -0.1) is 0 Å². The molecular weight excluding hydrogens is 277 g/mol. The summed E-state index contributed by atoms with van der Waals surface area (Å²) in [5.74, 6) is -0.658. The molecule has 8 heteroatoms. The number of rotatable bonds is 3. The maximum absolute atomic E-state index is 12.6. The highest BCUT2D eigenvalue weighted by atomic mass is 19.4. The smallest absolute Gasteiger partial charge is 0.416 e. The van der Waals surface area contributed by atoms with Crippen LogP contribution in [0.3, 0.4) is 0 Å². The van der Waals surface area contributed by atoms with E-state index in [4.69, 9.17) is 0 Å². The summed E-state index contributed by atoms with van der Waals surface area (Å²) in [5, 5.41) is 4.43. The Morgan fingerprint density at radius 2 is 1.95 bits per heavy atom. The fourth-order valence-corrected chi connectivity index (χ4v) is 1.52. The van der Waals surface area contributed by atoms with Crippen molar-refractivity contribution < 1.29 is 27.5 Å². The molecule has 1 aromatic carbocycles. The molecule has 0 saturated carbocycles. The van der Waals surface area contributed by atoms with Gasteiger partial charge < -0.3 is 15.4 Å². The number of benzene rings is 1. The van der Waals surface area contributed by atoms with Crippen LogP contribution in [0.15, 0.2) is 24.3 Å². The summed E-state index contributed by atoms with van der Waals surface area (Å²) in [6.07, 6.45) is -5.45. The fourth-order valence-electron chi connectivity index (χ4n) is 1.52. The van der Waals surface area contributed by atoms with Crippen LogP contribution in [0.1, 0.15) is 17.2 Å². The van der Waals surface area contributed by atoms with E-state index in [1.165, 1.54) is 13.1 Å². The summed E-state index contributed by atoms with van der Waals surface area (Å²) in [6, 6.07) is 2.88. The Balaban J connectivity index is 3.14. The monoisotopic (exact) mass is 290 g/mol. The largest absolute Gasteiger partial charge is 0.453 e. The van der Waals surface area contributed by atoms with Crippen molar-refractivity contribution in [3.05, 3.63) is 35.4 Å². The van der Waals surface area contributed by atoms with Crippen LogP contribution >= 0.6 is 0 Å². The molecule has 2 amide bonds. The number of hydrogen-bond acceptors (Lipinski definition) is 3. The Kier molecular flexibility index (Phi) is 4.95. The minimum atomic E-state index is -4.53. The first kappa shape index (κ1) is 15.8. The molecule has 110 valence electrons. The molecule has 0 radical (unpaired) electrons. The van der Waals surface area contributed by atoms with E-state index in [1.54, 1.807) is 0 Å². The minimum absolute atomic E-state index is 0.00424. The summed E-state index contributed by atoms with van der Waals surface area (Å²) in [4.78, 5) is 22.8. The van der Waals surface area contributed by atoms with Crippen LogP contribution in [-0.2, 0) is 15.7 Å². The zero-order valence-corrected chi connectivity index (χ0v) is 10.7. The third kappa shape index (κ3) is 3.87. The molecule has 20 heavy (non-hydrogen) atoms. The van der Waals surface area contributed by atoms with Crippen LogP contribution in [-0.4, -0.2) is 26.2 Å². The summed E-state index contributed by atoms with van der Waals surface area (Å²) in [5.41, 5.74) is -0.903. The number of carbonyl (C=O) groups is 2. The average molecular weight is 290 g/mol. The molecular formula is C12H13F3N2O3. The van der Waals surface area contributed by atoms with Gasteiger partial charge in [-0.1, -0.05) is 12.1 Å². The van der Waals surface area contributed by atoms with Crippen LogP contribution in [0.2, 0.25) is 0 Å². The topological polar surface area (TPSA) is 67.4 Å². The third-order valence-corrected chi connectivity index (χ3v) is 2.50. The van der Waals surface area contributed by atoms with E-state index in [1.807, 2.05) is 0 Å². The Bertz CT molecular complexity index is 503. The van der Waals surface area contributed by atoms with Crippen LogP contribution in [0.4, 0.5) is 18.0 Å². The average Bonchev–Trinajstić information content (AvgIpc) is 2.42. The molecule has 0 saturated heterocycles. The number of hydrogen-bond donors (Lipinski definition) is 2. The summed E-state index contributed by atoms with van der Waals surface area (Å²) < 4.78 is 42.2. The number of nitrogens with one attached hydrogen (secondary N) is 2. The highest BCUT2D eigenvalue weighted by Crippen LogP contribution is 2.30. The zero-order valence-electron chi connectivity index (χ0n) is 10.7. The molecule has 0 spiro atoms. The van der Waals surface area contributed by atoms with Gasteiger partial charge in [0.1, 0.15) is 6.04 Å². The van der Waals surface area contributed by atoms with E-state index < -0.39 is 29.8 Å². The number of halogens is 3. The number of likely N-dealkylation sites (N-methyl/N-ethyl adjacent to an activating group) is 1. The molecule has 0 bridgehead atoms. The van der Waals surface area contributed by atoms with Gasteiger partial charge in [0, 0.05) is 7.05 Å². The maximum Gasteiger partial charge on any atom is 0.416 e. The molecule has 0 heterocycles. The van der Waals surface area contributed by atoms with Crippen molar-refractivity contribution in [1.29, 1.82) is 0 Å². The summed E-state index contributed by atoms with van der Waals surface area (Å²) in [6.45, 7) is 0. The lowest BCUT2D eigenvalue weighted by Gasteiger charge is -2.18. The van der Waals surface area contributed by atoms with Crippen LogP contribution in [0, 0.1) is 0 Å². The van der Waals surface area contributed by atoms with Gasteiger partial charge in [0.05, 0.1) is 12.7 Å². The van der Waals surface area contributed by atoms with Crippen molar-refractivity contribution >= 4 is 12.0 Å². The highest BCUT2D eigenvalue weighted by Gasteiger charge is 2.32. The molecule has 0 fully saturated rings. The number of alkyl halides is 3. The lowest BCUT2D eigenvalue weighted by atomic mass is 10.0. The number of alkyl carbamates (subject to hydrolysis) is 1. The van der Waals surface area contributed by atoms with Gasteiger partial charge in [-0.25, -0.2) is 4.79 Å². The van der Waals surface area contributed by atoms with Gasteiger partial charge >= 0.3 is 12.3 Å². The van der Waals surface area contributed by atoms with Crippen LogP contribution in [0.25, 0.3) is 0 Å². The number of ether oxygens (including phenoxy) is 1. The number of carbonyl (C=O) groups excluding carboxylic acids is 2. The molecule has 1 atom stereocenters. The Hall–Kier alpha value is -2.25. The predicted octanol–water partition coefficient (Wildman–Crippen LogP) is 1.85. The minimum Gasteiger partial charge on any atom is -0.453 e. The quantitative estimate of drug-likeness (QED) is 0.892. The molecule has 5 nitrogen and oxygen atoms in total. The van der Waals surface area contributed by atoms with Gasteiger partial charge in [-0.05, 0) is 17.7 Å². The second-order valence-electron chi connectivity index (χ2n) is 3.81. The van der Waals surface area contributed by atoms with Crippen molar-refractivity contribution in [2.45, 2.75) is 12.2 Å². The van der Waals surface area contributed by atoms with Gasteiger partial charge in [-0.2, -0.15) is 13.2 Å². The Morgan fingerprint density at radius 1 is 1.30 bits per heavy atom. The van der Waals surface area contributed by atoms with Crippen LogP contribution in [0.5, 0.6) is 0 Å². The van der Waals surface area contributed by atoms with Crippen molar-refractivity contribution in [1.82, 2.24) is 10.6 Å². The first-order chi connectivity index (χ1) is 9.29. The third-order valence-electron chi connectivity index (χ3n) is 2.50. The second-order valence-corrected chi connectivity index (χ2v) is 3.81. The predicted molar refractivity (Wildman–Crippen MR) is 63.8 cm³/mol. The van der Waals surface area contributed by atoms with E-state index in [2.05, 4.69) is 15.4 Å². The lowest BCUT2D eigenvalue weighted by Crippen LogP contribution is -2.39. The van der Waals surface area contributed by atoms with Gasteiger partial charge in [0.2, 0.25) is 5.91 Å². The molecule has 1 aromatic rings. The highest BCUT2D eigenvalue weighted by molar-refractivity contribution is 5.86. The number of amides is 2. The Morgan fingerprint density at radius 3 is 2.45 bits per heavy atom. The lowest BCUT2D eigenvalue weighted by molar-refractivity contribution is -0.137. The molecule has 0 aliphatic carbocycles. The fraction of sp³-hybridized carbons (Fsp3) is 0.333. The first-order valence-corrected chi connectivity index (χ1v) is 5.52. The standard InChI is InChI=1S/C12H13F3N2O3/c1-16-10(18)9(17-11(19)20-2)7-4-3-5-8(6-7)12(13,14)15/h3-6,9H,1-2H3,(H,16,18)(H,17,19). The first-order valence-electron chi connectivity index (χ1n) is 5.52. The molecule has 1 rings (SSSR count). The zero-order chi connectivity index (χ0) is 15.3. The van der Waals surface area contributed by atoms with Crippen molar-refractivity contribution in [3.63, 3.8) is 0 Å². The van der Waals surface area contributed by atoms with E-state index >= 15 is 0 Å². The van der Waals surface area contributed by atoms with E-state index in [0.29, 0.717) is 0 Å². The Labute approximate surface area is 113 Å². The van der Waals surface area contributed by atoms with E-state index in [-0.39, 0.29) is 5.56 Å². The van der Waals surface area contributed by atoms with Crippen molar-refractivity contribution in [3.8, 4) is 0 Å².